The van der Waals surface area contributed by atoms with Gasteiger partial charge < -0.3 is 10.4 Å². The number of hydrogen-bond acceptors (Lipinski definition) is 6. The maximum absolute atomic E-state index is 12.3. The van der Waals surface area contributed by atoms with Gasteiger partial charge in [0.2, 0.25) is 0 Å². The summed E-state index contributed by atoms with van der Waals surface area (Å²) in [7, 11) is 0. The van der Waals surface area contributed by atoms with Crippen LogP contribution in [0.4, 0.5) is 0 Å². The fraction of sp³-hybridized carbons (Fsp3) is 0.467. The van der Waals surface area contributed by atoms with Crippen LogP contribution in [0.3, 0.4) is 0 Å². The van der Waals surface area contributed by atoms with Crippen molar-refractivity contribution < 1.29 is 9.90 Å². The quantitative estimate of drug-likeness (QED) is 0.816. The molecule has 7 nitrogen and oxygen atoms in total. The van der Waals surface area contributed by atoms with E-state index in [0.717, 1.165) is 13.0 Å². The smallest absolute Gasteiger partial charge is 0.280 e. The van der Waals surface area contributed by atoms with E-state index in [1.165, 1.54) is 17.1 Å². The average Bonchev–Trinajstić information content (AvgIpc) is 2.53. The van der Waals surface area contributed by atoms with Gasteiger partial charge in [-0.25, -0.2) is 9.97 Å². The fourth-order valence-electron chi connectivity index (χ4n) is 2.74. The minimum atomic E-state index is -0.509. The predicted octanol–water partition coefficient (Wildman–Crippen LogP) is -0.136. The normalized spacial score (nSPS) is 21.9. The van der Waals surface area contributed by atoms with Gasteiger partial charge in [-0.1, -0.05) is 0 Å². The van der Waals surface area contributed by atoms with Gasteiger partial charge in [-0.15, -0.1) is 0 Å². The van der Waals surface area contributed by atoms with Crippen molar-refractivity contribution in [3.05, 3.63) is 35.0 Å². The fourth-order valence-corrected chi connectivity index (χ4v) is 2.74. The van der Waals surface area contributed by atoms with E-state index in [2.05, 4.69) is 15.3 Å². The zero-order valence-corrected chi connectivity index (χ0v) is 12.1. The first-order valence-corrected chi connectivity index (χ1v) is 7.38. The summed E-state index contributed by atoms with van der Waals surface area (Å²) in [5.41, 5.74) is 0.449. The van der Waals surface area contributed by atoms with E-state index in [1.54, 1.807) is 12.1 Å². The van der Waals surface area contributed by atoms with Gasteiger partial charge in [-0.2, -0.15) is 0 Å². The minimum absolute atomic E-state index is 0.0523. The summed E-state index contributed by atoms with van der Waals surface area (Å²) in [6, 6.07) is 3.18. The molecule has 0 spiro atoms. The highest BCUT2D eigenvalue weighted by Gasteiger charge is 2.25. The first kappa shape index (κ1) is 14.8. The molecule has 0 unspecified atom stereocenters. The maximum atomic E-state index is 12.3. The zero-order chi connectivity index (χ0) is 15.5. The van der Waals surface area contributed by atoms with E-state index in [9.17, 15) is 14.7 Å². The lowest BCUT2D eigenvalue weighted by molar-refractivity contribution is -0.121. The Morgan fingerprint density at radius 1 is 1.45 bits per heavy atom. The summed E-state index contributed by atoms with van der Waals surface area (Å²) in [6.07, 6.45) is 4.20. The molecule has 0 radical (unpaired) electrons. The molecule has 0 bridgehead atoms. The van der Waals surface area contributed by atoms with Crippen LogP contribution in [0.1, 0.15) is 19.3 Å². The molecule has 1 aliphatic heterocycles. The molecule has 2 atom stereocenters. The molecule has 1 aliphatic rings. The van der Waals surface area contributed by atoms with E-state index in [0.29, 0.717) is 11.9 Å². The average molecular weight is 302 g/mol. The van der Waals surface area contributed by atoms with Gasteiger partial charge in [-0.3, -0.25) is 14.2 Å². The molecule has 0 saturated carbocycles. The molecule has 2 aromatic rings. The number of aliphatic hydroxyl groups is 1. The third-order valence-electron chi connectivity index (χ3n) is 3.93. The van der Waals surface area contributed by atoms with Crippen molar-refractivity contribution in [2.75, 3.05) is 6.54 Å². The number of nitrogens with one attached hydrogen (secondary N) is 1. The van der Waals surface area contributed by atoms with Crippen LogP contribution in [0.15, 0.2) is 29.5 Å². The van der Waals surface area contributed by atoms with Gasteiger partial charge in [0.1, 0.15) is 0 Å². The summed E-state index contributed by atoms with van der Waals surface area (Å²) in [6.45, 7) is 0.750. The van der Waals surface area contributed by atoms with Crippen molar-refractivity contribution in [2.24, 2.45) is 0 Å². The molecule has 0 amide bonds. The highest BCUT2D eigenvalue weighted by Crippen LogP contribution is 2.12. The van der Waals surface area contributed by atoms with Crippen LogP contribution >= 0.6 is 0 Å². The van der Waals surface area contributed by atoms with E-state index in [4.69, 9.17) is 0 Å². The van der Waals surface area contributed by atoms with Gasteiger partial charge >= 0.3 is 0 Å². The number of aliphatic hydroxyl groups excluding tert-OH is 1. The monoisotopic (exact) mass is 302 g/mol. The van der Waals surface area contributed by atoms with Gasteiger partial charge in [-0.05, 0) is 31.5 Å². The van der Waals surface area contributed by atoms with Crippen LogP contribution in [0.2, 0.25) is 0 Å². The third kappa shape index (κ3) is 3.05. The first-order valence-electron chi connectivity index (χ1n) is 7.38. The molecule has 22 heavy (non-hydrogen) atoms. The lowest BCUT2D eigenvalue weighted by Gasteiger charge is -2.28. The van der Waals surface area contributed by atoms with Crippen molar-refractivity contribution in [3.8, 4) is 0 Å². The lowest BCUT2D eigenvalue weighted by Crippen LogP contribution is -2.46. The van der Waals surface area contributed by atoms with Crippen molar-refractivity contribution >= 4 is 16.8 Å². The number of carbonyl (C=O) groups excluding carboxylic acids is 1. The Balaban J connectivity index is 1.74. The number of fused-ring (bicyclic) bond motifs is 1. The van der Waals surface area contributed by atoms with Crippen LogP contribution < -0.4 is 10.9 Å². The summed E-state index contributed by atoms with van der Waals surface area (Å²) in [5.74, 6) is -0.113. The molecule has 1 fully saturated rings. The molecule has 116 valence electrons. The molecular weight excluding hydrogens is 284 g/mol. The molecule has 2 N–H and O–H groups in total. The van der Waals surface area contributed by atoms with Crippen LogP contribution in [0.5, 0.6) is 0 Å². The Bertz CT molecular complexity index is 743. The Morgan fingerprint density at radius 2 is 2.32 bits per heavy atom. The second-order valence-electron chi connectivity index (χ2n) is 5.56. The number of aromatic nitrogens is 3. The molecule has 3 heterocycles. The van der Waals surface area contributed by atoms with Crippen molar-refractivity contribution in [2.45, 2.75) is 38.0 Å². The summed E-state index contributed by atoms with van der Waals surface area (Å²) >= 11 is 0. The summed E-state index contributed by atoms with van der Waals surface area (Å²) in [5, 5.41) is 13.0. The number of ketones is 1. The Morgan fingerprint density at radius 3 is 3.14 bits per heavy atom. The van der Waals surface area contributed by atoms with Gasteiger partial charge in [0.15, 0.2) is 11.3 Å². The largest absolute Gasteiger partial charge is 0.391 e. The van der Waals surface area contributed by atoms with E-state index >= 15 is 0 Å². The number of nitrogens with zero attached hydrogens (tertiary/aromatic N) is 3. The second kappa shape index (κ2) is 6.33. The molecule has 7 heteroatoms. The standard InChI is InChI=1S/C15H18N4O3/c20-10(7-12-13(21)4-2-5-16-12)8-19-9-18-11-3-1-6-17-14(11)15(19)22/h1,3,6,9,12-13,16,21H,2,4-5,7-8H2/t12-,13+/m1/s1. The molecular formula is C15H18N4O3. The van der Waals surface area contributed by atoms with Gasteiger partial charge in [0, 0.05) is 18.7 Å². The summed E-state index contributed by atoms with van der Waals surface area (Å²) < 4.78 is 1.27. The van der Waals surface area contributed by atoms with E-state index in [1.807, 2.05) is 0 Å². The Hall–Kier alpha value is -2.12. The topological polar surface area (TPSA) is 97.1 Å². The van der Waals surface area contributed by atoms with Crippen LogP contribution in [-0.4, -0.2) is 44.1 Å². The van der Waals surface area contributed by atoms with E-state index < -0.39 is 6.10 Å². The molecule has 3 rings (SSSR count). The molecule has 2 aromatic heterocycles. The summed E-state index contributed by atoms with van der Waals surface area (Å²) in [4.78, 5) is 32.6. The lowest BCUT2D eigenvalue weighted by atomic mass is 9.97. The van der Waals surface area contributed by atoms with Crippen LogP contribution in [0, 0.1) is 0 Å². The zero-order valence-electron chi connectivity index (χ0n) is 12.1. The number of carbonyl (C=O) groups is 1. The number of pyridine rings is 1. The number of piperidine rings is 1. The second-order valence-corrected chi connectivity index (χ2v) is 5.56. The maximum Gasteiger partial charge on any atom is 0.280 e. The Kier molecular flexibility index (Phi) is 4.26. The van der Waals surface area contributed by atoms with Gasteiger partial charge in [0.25, 0.3) is 5.56 Å². The highest BCUT2D eigenvalue weighted by atomic mass is 16.3. The molecule has 1 saturated heterocycles. The first-order chi connectivity index (χ1) is 10.6. The van der Waals surface area contributed by atoms with E-state index in [-0.39, 0.29) is 35.9 Å². The number of Topliss-reactive ketones (excluding diaryl/α,β-unsaturated/α-hetero) is 1. The van der Waals surface area contributed by atoms with Crippen molar-refractivity contribution in [3.63, 3.8) is 0 Å². The number of hydrogen-bond donors (Lipinski definition) is 2. The van der Waals surface area contributed by atoms with Crippen molar-refractivity contribution in [1.29, 1.82) is 0 Å². The SMILES string of the molecule is O=C(C[C@H]1NCCC[C@@H]1O)Cn1cnc2cccnc2c1=O. The third-order valence-corrected chi connectivity index (χ3v) is 3.93. The number of rotatable bonds is 4. The highest BCUT2D eigenvalue weighted by molar-refractivity contribution is 5.79. The minimum Gasteiger partial charge on any atom is -0.391 e. The van der Waals surface area contributed by atoms with Crippen LogP contribution in [-0.2, 0) is 11.3 Å². The van der Waals surface area contributed by atoms with Gasteiger partial charge in [0.05, 0.1) is 24.5 Å². The van der Waals surface area contributed by atoms with Crippen molar-refractivity contribution in [1.82, 2.24) is 19.9 Å². The molecule has 0 aliphatic carbocycles. The predicted molar refractivity (Wildman–Crippen MR) is 80.5 cm³/mol. The Labute approximate surface area is 127 Å². The molecule has 0 aromatic carbocycles. The van der Waals surface area contributed by atoms with Crippen LogP contribution in [0.25, 0.3) is 11.0 Å².